The van der Waals surface area contributed by atoms with Crippen LogP contribution < -0.4 is 14.8 Å². The van der Waals surface area contributed by atoms with Gasteiger partial charge in [0.1, 0.15) is 11.3 Å². The van der Waals surface area contributed by atoms with E-state index in [1.807, 2.05) is 24.3 Å². The van der Waals surface area contributed by atoms with Crippen molar-refractivity contribution in [2.24, 2.45) is 0 Å². The zero-order valence-corrected chi connectivity index (χ0v) is 15.3. The van der Waals surface area contributed by atoms with Crippen molar-refractivity contribution in [2.75, 3.05) is 13.2 Å². The molecule has 1 aromatic carbocycles. The van der Waals surface area contributed by atoms with Crippen LogP contribution in [0.2, 0.25) is 0 Å². The van der Waals surface area contributed by atoms with Gasteiger partial charge in [-0.3, -0.25) is 4.79 Å². The second-order valence-electron chi connectivity index (χ2n) is 6.07. The van der Waals surface area contributed by atoms with Gasteiger partial charge in [0.05, 0.1) is 19.3 Å². The van der Waals surface area contributed by atoms with Crippen LogP contribution >= 0.6 is 0 Å². The van der Waals surface area contributed by atoms with Gasteiger partial charge in [0.25, 0.3) is 5.91 Å². The molecule has 0 saturated heterocycles. The summed E-state index contributed by atoms with van der Waals surface area (Å²) in [5, 5.41) is 2.93. The van der Waals surface area contributed by atoms with E-state index in [0.29, 0.717) is 19.6 Å². The Labute approximate surface area is 157 Å². The summed E-state index contributed by atoms with van der Waals surface area (Å²) in [7, 11) is 0. The summed E-state index contributed by atoms with van der Waals surface area (Å²) < 4.78 is 16.2. The molecule has 0 unspecified atom stereocenters. The first-order chi connectivity index (χ1) is 13.1. The predicted octanol–water partition coefficient (Wildman–Crippen LogP) is 2.67. The van der Waals surface area contributed by atoms with Gasteiger partial charge in [-0.25, -0.2) is 9.78 Å². The van der Waals surface area contributed by atoms with Crippen molar-refractivity contribution in [1.29, 1.82) is 0 Å². The summed E-state index contributed by atoms with van der Waals surface area (Å²) in [6.45, 7) is 4.22. The van der Waals surface area contributed by atoms with E-state index >= 15 is 0 Å². The van der Waals surface area contributed by atoms with E-state index in [1.54, 1.807) is 19.1 Å². The lowest BCUT2D eigenvalue weighted by Crippen LogP contribution is -2.39. The second kappa shape index (κ2) is 8.53. The Morgan fingerprint density at radius 2 is 2.11 bits per heavy atom. The van der Waals surface area contributed by atoms with Crippen LogP contribution in [0.5, 0.6) is 11.6 Å². The Bertz CT molecular complexity index is 824. The van der Waals surface area contributed by atoms with E-state index in [2.05, 4.69) is 10.3 Å². The van der Waals surface area contributed by atoms with Crippen molar-refractivity contribution < 1.29 is 23.8 Å². The minimum absolute atomic E-state index is 0.180. The summed E-state index contributed by atoms with van der Waals surface area (Å²) in [6, 6.07) is 10.6. The summed E-state index contributed by atoms with van der Waals surface area (Å²) in [4.78, 5) is 28.9. The zero-order valence-electron chi connectivity index (χ0n) is 15.3. The molecule has 7 nitrogen and oxygen atoms in total. The number of aromatic nitrogens is 1. The molecule has 27 heavy (non-hydrogen) atoms. The SMILES string of the molecule is CCOc1ncccc1C(=O)O[C@H](C)C(=O)N[C@@H]1CCOc2ccccc21. The molecule has 0 bridgehead atoms. The second-order valence-corrected chi connectivity index (χ2v) is 6.07. The largest absolute Gasteiger partial charge is 0.493 e. The van der Waals surface area contributed by atoms with Gasteiger partial charge in [-0.1, -0.05) is 18.2 Å². The Morgan fingerprint density at radius 3 is 2.93 bits per heavy atom. The molecule has 1 amide bonds. The van der Waals surface area contributed by atoms with Crippen molar-refractivity contribution in [3.63, 3.8) is 0 Å². The van der Waals surface area contributed by atoms with Crippen LogP contribution in [0.25, 0.3) is 0 Å². The Kier molecular flexibility index (Phi) is 5.90. The number of rotatable bonds is 6. The first-order valence-corrected chi connectivity index (χ1v) is 8.91. The lowest BCUT2D eigenvalue weighted by atomic mass is 10.0. The monoisotopic (exact) mass is 370 g/mol. The highest BCUT2D eigenvalue weighted by Gasteiger charge is 2.27. The lowest BCUT2D eigenvalue weighted by molar-refractivity contribution is -0.130. The van der Waals surface area contributed by atoms with Crippen LogP contribution in [-0.2, 0) is 9.53 Å². The summed E-state index contributed by atoms with van der Waals surface area (Å²) in [5.74, 6) is -0.0696. The maximum absolute atomic E-state index is 12.5. The lowest BCUT2D eigenvalue weighted by Gasteiger charge is -2.27. The van der Waals surface area contributed by atoms with E-state index in [9.17, 15) is 9.59 Å². The average molecular weight is 370 g/mol. The van der Waals surface area contributed by atoms with E-state index in [1.165, 1.54) is 13.1 Å². The molecule has 2 heterocycles. The van der Waals surface area contributed by atoms with E-state index < -0.39 is 12.1 Å². The van der Waals surface area contributed by atoms with Crippen LogP contribution in [0, 0.1) is 0 Å². The standard InChI is InChI=1S/C20H22N2O5/c1-3-25-19-15(8-6-11-21-19)20(24)27-13(2)18(23)22-16-10-12-26-17-9-5-4-7-14(16)17/h4-9,11,13,16H,3,10,12H2,1-2H3,(H,22,23)/t13-,16-/m1/s1. The van der Waals surface area contributed by atoms with Gasteiger partial charge in [0.15, 0.2) is 6.10 Å². The molecule has 0 saturated carbocycles. The molecule has 142 valence electrons. The molecule has 2 aromatic rings. The van der Waals surface area contributed by atoms with Gasteiger partial charge < -0.3 is 19.5 Å². The van der Waals surface area contributed by atoms with Gasteiger partial charge in [0, 0.05) is 18.2 Å². The molecular formula is C20H22N2O5. The van der Waals surface area contributed by atoms with Gasteiger partial charge in [-0.05, 0) is 32.0 Å². The number of para-hydroxylation sites is 1. The van der Waals surface area contributed by atoms with Crippen molar-refractivity contribution in [1.82, 2.24) is 10.3 Å². The van der Waals surface area contributed by atoms with E-state index in [0.717, 1.165) is 11.3 Å². The number of hydrogen-bond donors (Lipinski definition) is 1. The molecular weight excluding hydrogens is 348 g/mol. The van der Waals surface area contributed by atoms with Gasteiger partial charge in [-0.15, -0.1) is 0 Å². The Hall–Kier alpha value is -3.09. The average Bonchev–Trinajstić information content (AvgIpc) is 2.69. The maximum Gasteiger partial charge on any atom is 0.344 e. The summed E-state index contributed by atoms with van der Waals surface area (Å²) in [5.41, 5.74) is 1.11. The molecule has 7 heteroatoms. The van der Waals surface area contributed by atoms with Gasteiger partial charge in [0.2, 0.25) is 5.88 Å². The number of esters is 1. The smallest absolute Gasteiger partial charge is 0.344 e. The van der Waals surface area contributed by atoms with Crippen molar-refractivity contribution in [3.05, 3.63) is 53.7 Å². The van der Waals surface area contributed by atoms with Crippen molar-refractivity contribution in [3.8, 4) is 11.6 Å². The third-order valence-corrected chi connectivity index (χ3v) is 4.20. The molecule has 0 spiro atoms. The highest BCUT2D eigenvalue weighted by molar-refractivity contribution is 5.94. The molecule has 3 rings (SSSR count). The quantitative estimate of drug-likeness (QED) is 0.787. The molecule has 1 N–H and O–H groups in total. The Balaban J connectivity index is 1.64. The number of amides is 1. The third kappa shape index (κ3) is 4.36. The Morgan fingerprint density at radius 1 is 1.30 bits per heavy atom. The summed E-state index contributed by atoms with van der Waals surface area (Å²) in [6.07, 6.45) is 1.23. The predicted molar refractivity (Wildman–Crippen MR) is 97.7 cm³/mol. The third-order valence-electron chi connectivity index (χ3n) is 4.20. The fraction of sp³-hybridized carbons (Fsp3) is 0.350. The molecule has 0 aliphatic carbocycles. The number of nitrogens with one attached hydrogen (secondary N) is 1. The van der Waals surface area contributed by atoms with Crippen LogP contribution in [0.15, 0.2) is 42.6 Å². The first kappa shape index (κ1) is 18.7. The highest BCUT2D eigenvalue weighted by atomic mass is 16.6. The molecule has 1 aromatic heterocycles. The number of fused-ring (bicyclic) bond motifs is 1. The number of pyridine rings is 1. The zero-order chi connectivity index (χ0) is 19.2. The first-order valence-electron chi connectivity index (χ1n) is 8.91. The fourth-order valence-electron chi connectivity index (χ4n) is 2.86. The molecule has 0 radical (unpaired) electrons. The van der Waals surface area contributed by atoms with Crippen molar-refractivity contribution in [2.45, 2.75) is 32.4 Å². The normalized spacial score (nSPS) is 16.4. The minimum atomic E-state index is -0.956. The number of hydrogen-bond acceptors (Lipinski definition) is 6. The maximum atomic E-state index is 12.5. The van der Waals surface area contributed by atoms with Crippen LogP contribution in [0.1, 0.15) is 42.2 Å². The number of carbonyl (C=O) groups is 2. The molecule has 2 atom stereocenters. The van der Waals surface area contributed by atoms with Gasteiger partial charge in [-0.2, -0.15) is 0 Å². The van der Waals surface area contributed by atoms with E-state index in [-0.39, 0.29) is 23.4 Å². The highest BCUT2D eigenvalue weighted by Crippen LogP contribution is 2.31. The molecule has 1 aliphatic rings. The van der Waals surface area contributed by atoms with Gasteiger partial charge >= 0.3 is 5.97 Å². The number of ether oxygens (including phenoxy) is 3. The topological polar surface area (TPSA) is 86.8 Å². The van der Waals surface area contributed by atoms with Crippen LogP contribution in [0.4, 0.5) is 0 Å². The van der Waals surface area contributed by atoms with Crippen LogP contribution in [0.3, 0.4) is 0 Å². The number of carbonyl (C=O) groups excluding carboxylic acids is 2. The van der Waals surface area contributed by atoms with Crippen molar-refractivity contribution >= 4 is 11.9 Å². The minimum Gasteiger partial charge on any atom is -0.493 e. The molecule has 0 fully saturated rings. The summed E-state index contributed by atoms with van der Waals surface area (Å²) >= 11 is 0. The van der Waals surface area contributed by atoms with E-state index in [4.69, 9.17) is 14.2 Å². The molecule has 1 aliphatic heterocycles. The van der Waals surface area contributed by atoms with Crippen LogP contribution in [-0.4, -0.2) is 36.2 Å². The number of benzene rings is 1. The fourth-order valence-corrected chi connectivity index (χ4v) is 2.86. The number of nitrogens with zero attached hydrogens (tertiary/aromatic N) is 1.